The van der Waals surface area contributed by atoms with Gasteiger partial charge in [-0.3, -0.25) is 0 Å². The summed E-state index contributed by atoms with van der Waals surface area (Å²) in [6.45, 7) is 7.38. The maximum Gasteiger partial charge on any atom is -0.171 e. The van der Waals surface area contributed by atoms with Crippen LogP contribution >= 0.6 is 24.8 Å². The molecule has 0 fully saturated rings. The number of aryl methyl sites for hydroxylation is 2. The van der Waals surface area contributed by atoms with Crippen LogP contribution in [0.3, 0.4) is 0 Å². The van der Waals surface area contributed by atoms with Gasteiger partial charge in [-0.1, -0.05) is 122 Å². The summed E-state index contributed by atoms with van der Waals surface area (Å²) in [5.41, 5.74) is 7.94. The Hall–Kier alpha value is -4.04. The van der Waals surface area contributed by atoms with Gasteiger partial charge in [0.15, 0.2) is 0 Å². The summed E-state index contributed by atoms with van der Waals surface area (Å²) in [4.78, 5) is 0. The predicted molar refractivity (Wildman–Crippen MR) is 226 cm³/mol. The van der Waals surface area contributed by atoms with Gasteiger partial charge in [0.2, 0.25) is 0 Å². The summed E-state index contributed by atoms with van der Waals surface area (Å²) in [6.07, 6.45) is 0. The van der Waals surface area contributed by atoms with E-state index in [4.69, 9.17) is 0 Å². The molecule has 0 bridgehead atoms. The number of hydrogen-bond donors (Lipinski definition) is 0. The Labute approximate surface area is 332 Å². The van der Waals surface area contributed by atoms with Gasteiger partial charge >= 0.3 is 30.2 Å². The van der Waals surface area contributed by atoms with Crippen molar-refractivity contribution >= 4 is 74.8 Å². The maximum absolute atomic E-state index is 3.06. The number of rotatable bonds is 2. The van der Waals surface area contributed by atoms with Crippen LogP contribution in [0, 0.1) is 27.3 Å². The van der Waals surface area contributed by atoms with E-state index >= 15 is 0 Å². The first-order chi connectivity index (χ1) is 23.7. The van der Waals surface area contributed by atoms with Crippen molar-refractivity contribution in [3.63, 3.8) is 0 Å². The molecule has 0 heterocycles. The standard InChI is InChI=1S/2C20H15.C6H5.CH3.2ClH.Si.Zr/c2*1-14-12-16-8-5-11-19(20(16)13-14)18-10-4-7-15-6-2-3-9-17(15)18;1-2-4-6-5-3-1;;;;;/h2*2-13H,1H3;1-5H;1H3;2*1H;;/q4*-1;;;;. The maximum atomic E-state index is 3.06. The first kappa shape index (κ1) is 41.4. The summed E-state index contributed by atoms with van der Waals surface area (Å²) in [7, 11) is 0. The van der Waals surface area contributed by atoms with Gasteiger partial charge in [0.05, 0.1) is 0 Å². The Morgan fingerprint density at radius 3 is 1.16 bits per heavy atom. The first-order valence-electron chi connectivity index (χ1n) is 16.1. The second-order valence-corrected chi connectivity index (χ2v) is 11.8. The summed E-state index contributed by atoms with van der Waals surface area (Å²) >= 11 is 1.36. The minimum atomic E-state index is 0. The number of hydrogen-bond acceptors (Lipinski definition) is 0. The van der Waals surface area contributed by atoms with Crippen LogP contribution in [0.2, 0.25) is 0 Å². The van der Waals surface area contributed by atoms with Crippen molar-refractivity contribution in [3.8, 4) is 22.3 Å². The van der Waals surface area contributed by atoms with Gasteiger partial charge in [0, 0.05) is 0 Å². The average molecular weight is 795 g/mol. The zero-order valence-corrected chi connectivity index (χ0v) is 34.2. The zero-order chi connectivity index (χ0) is 33.3. The minimum absolute atomic E-state index is 0. The van der Waals surface area contributed by atoms with E-state index in [0.717, 1.165) is 0 Å². The Morgan fingerprint density at radius 2 is 0.784 bits per heavy atom. The molecule has 254 valence electrons. The van der Waals surface area contributed by atoms with Crippen molar-refractivity contribution in [1.29, 1.82) is 0 Å². The minimum Gasteiger partial charge on any atom is -0.184 e. The van der Waals surface area contributed by atoms with Crippen LogP contribution < -0.4 is 0 Å². The van der Waals surface area contributed by atoms with Crippen molar-refractivity contribution < 1.29 is 23.3 Å². The fraction of sp³-hybridized carbons (Fsp3) is 0.0426. The number of fused-ring (bicyclic) bond motifs is 4. The fourth-order valence-corrected chi connectivity index (χ4v) is 6.50. The van der Waals surface area contributed by atoms with E-state index in [0.29, 0.717) is 0 Å². The molecule has 0 N–H and O–H groups in total. The first-order valence-corrected chi connectivity index (χ1v) is 20.3. The summed E-state index contributed by atoms with van der Waals surface area (Å²) in [6, 6.07) is 65.0. The molecule has 0 aliphatic carbocycles. The van der Waals surface area contributed by atoms with Gasteiger partial charge in [-0.25, -0.2) is 0 Å². The molecular formula is C47H40Cl2SiZr-4. The van der Waals surface area contributed by atoms with Crippen LogP contribution in [-0.2, 0) is 23.3 Å². The number of halogens is 2. The zero-order valence-electron chi connectivity index (χ0n) is 29.1. The summed E-state index contributed by atoms with van der Waals surface area (Å²) in [5.74, 6) is 0. The topological polar surface area (TPSA) is 0 Å². The van der Waals surface area contributed by atoms with Crippen LogP contribution in [0.1, 0.15) is 11.1 Å². The number of benzene rings is 7. The summed E-state index contributed by atoms with van der Waals surface area (Å²) < 4.78 is 0. The van der Waals surface area contributed by atoms with Crippen LogP contribution in [-0.4, -0.2) is 6.88 Å². The molecule has 9 rings (SSSR count). The average Bonchev–Trinajstić information content (AvgIpc) is 3.74. The summed E-state index contributed by atoms with van der Waals surface area (Å²) in [5, 5.41) is 10.6. The van der Waals surface area contributed by atoms with Gasteiger partial charge in [-0.2, -0.15) is 48.5 Å². The third-order valence-electron chi connectivity index (χ3n) is 8.56. The third-order valence-corrected chi connectivity index (χ3v) is 8.56. The second kappa shape index (κ2) is 20.1. The normalized spacial score (nSPS) is 9.82. The van der Waals surface area contributed by atoms with Crippen LogP contribution in [0.15, 0.2) is 176 Å². The van der Waals surface area contributed by atoms with E-state index in [-0.39, 0.29) is 32.2 Å². The molecule has 0 aromatic heterocycles. The van der Waals surface area contributed by atoms with E-state index in [2.05, 4.69) is 172 Å². The Balaban J connectivity index is 0.000000217. The Bertz CT molecular complexity index is 2230. The molecular weight excluding hydrogens is 755 g/mol. The molecule has 0 saturated carbocycles. The van der Waals surface area contributed by atoms with Gasteiger partial charge in [0.25, 0.3) is 0 Å². The molecule has 9 aromatic rings. The van der Waals surface area contributed by atoms with E-state index in [9.17, 15) is 0 Å². The molecule has 0 nitrogen and oxygen atoms in total. The molecule has 0 aliphatic heterocycles. The van der Waals surface area contributed by atoms with Crippen molar-refractivity contribution in [2.24, 2.45) is 0 Å². The van der Waals surface area contributed by atoms with E-state index in [1.807, 2.05) is 30.3 Å². The smallest absolute Gasteiger partial charge is 0.171 e. The molecule has 0 unspecified atom stereocenters. The van der Waals surface area contributed by atoms with Gasteiger partial charge in [-0.15, -0.1) is 93.9 Å². The molecule has 0 atom stereocenters. The molecule has 0 amide bonds. The molecule has 0 aliphatic rings. The van der Waals surface area contributed by atoms with Crippen LogP contribution in [0.4, 0.5) is 0 Å². The largest absolute Gasteiger partial charge is 0.184 e. The molecule has 9 aromatic carbocycles. The van der Waals surface area contributed by atoms with Crippen LogP contribution in [0.5, 0.6) is 0 Å². The van der Waals surface area contributed by atoms with Crippen molar-refractivity contribution in [1.82, 2.24) is 0 Å². The van der Waals surface area contributed by atoms with E-state index < -0.39 is 0 Å². The fourth-order valence-electron chi connectivity index (χ4n) is 6.50. The van der Waals surface area contributed by atoms with Gasteiger partial charge in [0.1, 0.15) is 0 Å². The van der Waals surface area contributed by atoms with Gasteiger partial charge in [-0.05, 0) is 32.7 Å². The third kappa shape index (κ3) is 9.65. The quantitative estimate of drug-likeness (QED) is 0.121. The molecule has 0 spiro atoms. The Kier molecular flexibility index (Phi) is 16.3. The molecule has 2 radical (unpaired) electrons. The van der Waals surface area contributed by atoms with Crippen molar-refractivity contribution in [2.45, 2.75) is 13.8 Å². The molecule has 4 heteroatoms. The van der Waals surface area contributed by atoms with Crippen molar-refractivity contribution in [2.75, 3.05) is 0 Å². The van der Waals surface area contributed by atoms with E-state index in [1.165, 1.54) is 99.8 Å². The van der Waals surface area contributed by atoms with Crippen LogP contribution in [0.25, 0.3) is 65.3 Å². The second-order valence-electron chi connectivity index (χ2n) is 11.8. The Morgan fingerprint density at radius 1 is 0.431 bits per heavy atom. The van der Waals surface area contributed by atoms with Gasteiger partial charge < -0.3 is 7.43 Å². The molecule has 0 saturated heterocycles. The van der Waals surface area contributed by atoms with Crippen molar-refractivity contribution in [3.05, 3.63) is 201 Å². The monoisotopic (exact) mass is 792 g/mol. The van der Waals surface area contributed by atoms with E-state index in [1.54, 1.807) is 0 Å². The molecule has 51 heavy (non-hydrogen) atoms. The SMILES string of the molecule is Cc1cc2c(-c3cccc4ccccc34)cccc2[cH-]1.Cc1cc2c(-c3cccc4ccccc34)cccc2[cH-]1.Cl.Cl.[CH3-].[Si]=[Zr].[c-]1ccccc1. The predicted octanol–water partition coefficient (Wildman–Crippen LogP) is 13.8.